The van der Waals surface area contributed by atoms with E-state index < -0.39 is 0 Å². The van der Waals surface area contributed by atoms with E-state index in [4.69, 9.17) is 11.6 Å². The predicted molar refractivity (Wildman–Crippen MR) is 85.9 cm³/mol. The van der Waals surface area contributed by atoms with Crippen molar-refractivity contribution in [2.24, 2.45) is 0 Å². The minimum Gasteiger partial charge on any atom is -0.508 e. The number of carbonyl (C=O) groups is 1. The number of amides is 1. The molecule has 0 aliphatic heterocycles. The second-order valence-electron chi connectivity index (χ2n) is 4.98. The number of hydrogen-bond donors (Lipinski definition) is 1. The van der Waals surface area contributed by atoms with Crippen molar-refractivity contribution in [1.29, 1.82) is 0 Å². The molecule has 21 heavy (non-hydrogen) atoms. The summed E-state index contributed by atoms with van der Waals surface area (Å²) in [6, 6.07) is 12.9. The number of benzene rings is 2. The maximum Gasteiger partial charge on any atom is 0.242 e. The summed E-state index contributed by atoms with van der Waals surface area (Å²) in [5, 5.41) is 9.93. The third-order valence-electron chi connectivity index (χ3n) is 3.44. The van der Waals surface area contributed by atoms with Gasteiger partial charge in [0, 0.05) is 11.3 Å². The molecule has 0 aliphatic rings. The number of nitrogens with zero attached hydrogens (tertiary/aromatic N) is 1. The van der Waals surface area contributed by atoms with Gasteiger partial charge >= 0.3 is 0 Å². The first-order chi connectivity index (χ1) is 10.0. The number of para-hydroxylation sites is 2. The smallest absolute Gasteiger partial charge is 0.242 e. The molecule has 0 heterocycles. The van der Waals surface area contributed by atoms with Crippen molar-refractivity contribution in [3.63, 3.8) is 0 Å². The van der Waals surface area contributed by atoms with Crippen LogP contribution in [0.3, 0.4) is 0 Å². The molecule has 3 nitrogen and oxygen atoms in total. The predicted octanol–water partition coefficient (Wildman–Crippen LogP) is 3.78. The van der Waals surface area contributed by atoms with Gasteiger partial charge in [0.25, 0.3) is 0 Å². The molecule has 0 atom stereocenters. The SMILES string of the molecule is Cc1cccc(C)c1N(Cc1ccccc1O)C(=O)CCl. The lowest BCUT2D eigenvalue weighted by Crippen LogP contribution is -2.32. The molecule has 4 heteroatoms. The first kappa shape index (κ1) is 15.4. The van der Waals surface area contributed by atoms with Gasteiger partial charge in [-0.25, -0.2) is 0 Å². The van der Waals surface area contributed by atoms with E-state index in [1.807, 2.05) is 38.1 Å². The monoisotopic (exact) mass is 303 g/mol. The van der Waals surface area contributed by atoms with Crippen LogP contribution in [0, 0.1) is 13.8 Å². The highest BCUT2D eigenvalue weighted by atomic mass is 35.5. The summed E-state index contributed by atoms with van der Waals surface area (Å²) in [5.74, 6) is -0.102. The van der Waals surface area contributed by atoms with Crippen molar-refractivity contribution in [1.82, 2.24) is 0 Å². The summed E-state index contributed by atoms with van der Waals surface area (Å²) in [4.78, 5) is 13.9. The average Bonchev–Trinajstić information content (AvgIpc) is 2.47. The molecule has 2 aromatic carbocycles. The highest BCUT2D eigenvalue weighted by Gasteiger charge is 2.20. The molecular formula is C17H18ClNO2. The minimum atomic E-state index is -0.183. The third-order valence-corrected chi connectivity index (χ3v) is 3.67. The Morgan fingerprint density at radius 3 is 2.29 bits per heavy atom. The average molecular weight is 304 g/mol. The molecule has 0 saturated heterocycles. The van der Waals surface area contributed by atoms with Gasteiger partial charge in [-0.15, -0.1) is 11.6 Å². The second kappa shape index (κ2) is 6.64. The Labute approximate surface area is 129 Å². The van der Waals surface area contributed by atoms with Crippen LogP contribution in [0.4, 0.5) is 5.69 Å². The lowest BCUT2D eigenvalue weighted by atomic mass is 10.1. The summed E-state index contributed by atoms with van der Waals surface area (Å²) in [7, 11) is 0. The quantitative estimate of drug-likeness (QED) is 0.873. The standard InChI is InChI=1S/C17H18ClNO2/c1-12-6-5-7-13(2)17(12)19(16(21)10-18)11-14-8-3-4-9-15(14)20/h3-9,20H,10-11H2,1-2H3. The molecule has 0 bridgehead atoms. The molecule has 1 amide bonds. The summed E-state index contributed by atoms with van der Waals surface area (Å²) < 4.78 is 0. The Morgan fingerprint density at radius 2 is 1.71 bits per heavy atom. The van der Waals surface area contributed by atoms with Gasteiger partial charge in [0.15, 0.2) is 0 Å². The molecule has 110 valence electrons. The van der Waals surface area contributed by atoms with Crippen LogP contribution >= 0.6 is 11.6 Å². The minimum absolute atomic E-state index is 0.0959. The molecule has 0 radical (unpaired) electrons. The van der Waals surface area contributed by atoms with E-state index in [2.05, 4.69) is 0 Å². The van der Waals surface area contributed by atoms with Gasteiger partial charge in [0.2, 0.25) is 5.91 Å². The summed E-state index contributed by atoms with van der Waals surface area (Å²) in [5.41, 5.74) is 3.55. The first-order valence-corrected chi connectivity index (χ1v) is 7.27. The second-order valence-corrected chi connectivity index (χ2v) is 5.25. The lowest BCUT2D eigenvalue weighted by Gasteiger charge is -2.26. The summed E-state index contributed by atoms with van der Waals surface area (Å²) in [6.07, 6.45) is 0. The zero-order chi connectivity index (χ0) is 15.4. The van der Waals surface area contributed by atoms with Crippen LogP contribution in [-0.4, -0.2) is 16.9 Å². The lowest BCUT2D eigenvalue weighted by molar-refractivity contribution is -0.116. The van der Waals surface area contributed by atoms with Gasteiger partial charge in [-0.1, -0.05) is 36.4 Å². The number of rotatable bonds is 4. The number of alkyl halides is 1. The van der Waals surface area contributed by atoms with Crippen molar-refractivity contribution < 1.29 is 9.90 Å². The number of anilines is 1. The summed E-state index contributed by atoms with van der Waals surface area (Å²) in [6.45, 7) is 4.22. The molecule has 0 saturated carbocycles. The zero-order valence-electron chi connectivity index (χ0n) is 12.1. The van der Waals surface area contributed by atoms with Gasteiger partial charge in [0.1, 0.15) is 11.6 Å². The van der Waals surface area contributed by atoms with Gasteiger partial charge in [0.05, 0.1) is 6.54 Å². The maximum atomic E-state index is 12.2. The van der Waals surface area contributed by atoms with Gasteiger partial charge < -0.3 is 10.0 Å². The zero-order valence-corrected chi connectivity index (χ0v) is 12.9. The van der Waals surface area contributed by atoms with Crippen molar-refractivity contribution in [2.75, 3.05) is 10.8 Å². The van der Waals surface area contributed by atoms with Crippen LogP contribution in [-0.2, 0) is 11.3 Å². The van der Waals surface area contributed by atoms with Crippen LogP contribution < -0.4 is 4.90 Å². The summed E-state index contributed by atoms with van der Waals surface area (Å²) >= 11 is 5.75. The number of aryl methyl sites for hydroxylation is 2. The van der Waals surface area contributed by atoms with E-state index in [9.17, 15) is 9.90 Å². The van der Waals surface area contributed by atoms with E-state index in [1.54, 1.807) is 23.1 Å². The van der Waals surface area contributed by atoms with Crippen LogP contribution in [0.2, 0.25) is 0 Å². The number of halogens is 1. The molecule has 0 spiro atoms. The van der Waals surface area contributed by atoms with Crippen molar-refractivity contribution in [3.05, 3.63) is 59.2 Å². The van der Waals surface area contributed by atoms with E-state index in [0.29, 0.717) is 12.1 Å². The van der Waals surface area contributed by atoms with E-state index in [1.165, 1.54) is 0 Å². The van der Waals surface area contributed by atoms with Gasteiger partial charge in [-0.2, -0.15) is 0 Å². The molecule has 0 aliphatic carbocycles. The Bertz CT molecular complexity index is 635. The van der Waals surface area contributed by atoms with Crippen molar-refractivity contribution in [3.8, 4) is 5.75 Å². The molecular weight excluding hydrogens is 286 g/mol. The van der Waals surface area contributed by atoms with Crippen LogP contribution in [0.15, 0.2) is 42.5 Å². The topological polar surface area (TPSA) is 40.5 Å². The fourth-order valence-electron chi connectivity index (χ4n) is 2.41. The Balaban J connectivity index is 2.45. The highest BCUT2D eigenvalue weighted by Crippen LogP contribution is 2.28. The molecule has 2 aromatic rings. The molecule has 0 aromatic heterocycles. The Hall–Kier alpha value is -2.00. The van der Waals surface area contributed by atoms with Crippen LogP contribution in [0.1, 0.15) is 16.7 Å². The number of aromatic hydroxyl groups is 1. The molecule has 1 N–H and O–H groups in total. The van der Waals surface area contributed by atoms with Crippen LogP contribution in [0.5, 0.6) is 5.75 Å². The third kappa shape index (κ3) is 3.37. The number of phenols is 1. The Kier molecular flexibility index (Phi) is 4.86. The number of hydrogen-bond acceptors (Lipinski definition) is 2. The van der Waals surface area contributed by atoms with E-state index in [-0.39, 0.29) is 17.5 Å². The van der Waals surface area contributed by atoms with Crippen LogP contribution in [0.25, 0.3) is 0 Å². The number of phenolic OH excluding ortho intramolecular Hbond substituents is 1. The largest absolute Gasteiger partial charge is 0.508 e. The van der Waals surface area contributed by atoms with Gasteiger partial charge in [-0.05, 0) is 31.0 Å². The normalized spacial score (nSPS) is 10.4. The van der Waals surface area contributed by atoms with Gasteiger partial charge in [-0.3, -0.25) is 4.79 Å². The fraction of sp³-hybridized carbons (Fsp3) is 0.235. The van der Waals surface area contributed by atoms with Crippen molar-refractivity contribution in [2.45, 2.75) is 20.4 Å². The van der Waals surface area contributed by atoms with Crippen molar-refractivity contribution >= 4 is 23.2 Å². The fourth-order valence-corrected chi connectivity index (χ4v) is 2.55. The first-order valence-electron chi connectivity index (χ1n) is 6.74. The number of carbonyl (C=O) groups excluding carboxylic acids is 1. The maximum absolute atomic E-state index is 12.2. The van der Waals surface area contributed by atoms with E-state index >= 15 is 0 Å². The Morgan fingerprint density at radius 1 is 1.10 bits per heavy atom. The highest BCUT2D eigenvalue weighted by molar-refractivity contribution is 6.29. The van der Waals surface area contributed by atoms with E-state index in [0.717, 1.165) is 16.8 Å². The molecule has 2 rings (SSSR count). The molecule has 0 unspecified atom stereocenters. The molecule has 0 fully saturated rings.